The molecule has 0 fully saturated rings. The monoisotopic (exact) mass is 665 g/mol. The van der Waals surface area contributed by atoms with Gasteiger partial charge in [0, 0.05) is 42.2 Å². The van der Waals surface area contributed by atoms with Crippen molar-refractivity contribution in [1.82, 2.24) is 0 Å². The van der Waals surface area contributed by atoms with Gasteiger partial charge in [0.25, 0.3) is 0 Å². The molecule has 1 heterocycles. The molecule has 47 heavy (non-hydrogen) atoms. The summed E-state index contributed by atoms with van der Waals surface area (Å²) < 4.78 is 91.0. The first-order valence-corrected chi connectivity index (χ1v) is 15.3. The van der Waals surface area contributed by atoms with Gasteiger partial charge in [-0.05, 0) is 79.9 Å². The van der Waals surface area contributed by atoms with E-state index in [2.05, 4.69) is 4.99 Å². The quantitative estimate of drug-likeness (QED) is 0.162. The molecule has 1 atom stereocenters. The third-order valence-electron chi connectivity index (χ3n) is 7.17. The molecule has 0 saturated heterocycles. The zero-order valence-corrected chi connectivity index (χ0v) is 28.4. The van der Waals surface area contributed by atoms with Crippen molar-refractivity contribution < 1.29 is 35.8 Å². The summed E-state index contributed by atoms with van der Waals surface area (Å²) in [5, 5.41) is 7.26. The number of likely N-dealkylation sites (N-methyl/N-ethyl adjacent to an activating group) is 1. The normalized spacial score (nSPS) is 16.2. The molecule has 0 saturated carbocycles. The minimum atomic E-state index is -4.94. The predicted octanol–water partition coefficient (Wildman–Crippen LogP) is 10.4. The number of fused-ring (bicyclic) bond motifs is 1. The average Bonchev–Trinajstić information content (AvgIpc) is 3.30. The Labute approximate surface area is 274 Å². The van der Waals surface area contributed by atoms with Crippen LogP contribution in [0.25, 0.3) is 0 Å². The van der Waals surface area contributed by atoms with Crippen LogP contribution in [0.2, 0.25) is 0 Å². The Morgan fingerprint density at radius 1 is 0.894 bits per heavy atom. The van der Waals surface area contributed by atoms with Crippen molar-refractivity contribution in [2.45, 2.75) is 65.7 Å². The highest BCUT2D eigenvalue weighted by Crippen LogP contribution is 2.51. The number of allylic oxidation sites excluding steroid dienone is 2. The van der Waals surface area contributed by atoms with Crippen LogP contribution in [-0.2, 0) is 28.9 Å². The van der Waals surface area contributed by atoms with Crippen molar-refractivity contribution in [2.75, 3.05) is 32.7 Å². The molecule has 0 radical (unpaired) electrons. The summed E-state index contributed by atoms with van der Waals surface area (Å²) in [6, 6.07) is 16.5. The van der Waals surface area contributed by atoms with Crippen LogP contribution in [0.5, 0.6) is 5.75 Å². The highest BCUT2D eigenvalue weighted by Gasteiger charge is 2.46. The maximum Gasteiger partial charge on any atom is 0.416 e. The third kappa shape index (κ3) is 10.1. The van der Waals surface area contributed by atoms with Gasteiger partial charge in [-0.15, -0.1) is 0 Å². The molecule has 3 aromatic rings. The number of hydrogen-bond donors (Lipinski definition) is 1. The number of alkyl halides is 6. The van der Waals surface area contributed by atoms with E-state index < -0.39 is 28.9 Å². The fourth-order valence-electron chi connectivity index (χ4n) is 5.09. The Morgan fingerprint density at radius 2 is 1.51 bits per heavy atom. The first-order valence-electron chi connectivity index (χ1n) is 15.3. The molecule has 5 nitrogen and oxygen atoms in total. The van der Waals surface area contributed by atoms with Crippen LogP contribution >= 0.6 is 0 Å². The Morgan fingerprint density at radius 3 is 2.00 bits per heavy atom. The van der Waals surface area contributed by atoms with Crippen LogP contribution < -0.4 is 9.64 Å². The van der Waals surface area contributed by atoms with E-state index >= 15 is 0 Å². The molecule has 1 aliphatic rings. The van der Waals surface area contributed by atoms with Crippen molar-refractivity contribution in [1.29, 1.82) is 5.41 Å². The van der Waals surface area contributed by atoms with Crippen LogP contribution in [0, 0.1) is 5.41 Å². The first-order chi connectivity index (χ1) is 22.2. The molecule has 3 aromatic carbocycles. The second-order valence-corrected chi connectivity index (χ2v) is 9.86. The summed E-state index contributed by atoms with van der Waals surface area (Å²) in [5.41, 5.74) is -0.769. The molecule has 0 bridgehead atoms. The lowest BCUT2D eigenvalue weighted by Gasteiger charge is -2.31. The van der Waals surface area contributed by atoms with Gasteiger partial charge >= 0.3 is 12.4 Å². The van der Waals surface area contributed by atoms with Gasteiger partial charge in [0.05, 0.1) is 25.3 Å². The number of aliphatic imine (C=N–C) groups is 1. The lowest BCUT2D eigenvalue weighted by atomic mass is 9.75. The molecule has 0 spiro atoms. The lowest BCUT2D eigenvalue weighted by Crippen LogP contribution is -2.31. The van der Waals surface area contributed by atoms with Gasteiger partial charge in [-0.1, -0.05) is 52.0 Å². The van der Waals surface area contributed by atoms with E-state index in [-0.39, 0.29) is 23.9 Å². The van der Waals surface area contributed by atoms with Gasteiger partial charge in [0.15, 0.2) is 0 Å². The van der Waals surface area contributed by atoms with Gasteiger partial charge in [0.2, 0.25) is 5.90 Å². The lowest BCUT2D eigenvalue weighted by molar-refractivity contribution is -0.143. The number of rotatable bonds is 6. The van der Waals surface area contributed by atoms with Gasteiger partial charge in [-0.3, -0.25) is 10.4 Å². The van der Waals surface area contributed by atoms with Crippen molar-refractivity contribution in [3.05, 3.63) is 106 Å². The highest BCUT2D eigenvalue weighted by atomic mass is 19.4. The minimum absolute atomic E-state index is 0.167. The Bertz CT molecular complexity index is 1480. The molecule has 11 heteroatoms. The molecule has 258 valence electrons. The van der Waals surface area contributed by atoms with E-state index in [1.165, 1.54) is 14.2 Å². The average molecular weight is 666 g/mol. The standard InChI is InChI=1S/C24H24F6N2O.C8H9NO.2C2H6/c1-5-32-20-9-8-17(33-4)13-19(20)22(2,21(32)10-11-31-3)14-15-6-7-16(23(25,26)27)12-18(15)24(28,29)30;1-10-8(9)7-5-3-2-4-6-7;2*1-2/h6-13H,5,14H2,1-4H3;2-6,9H,1H3;2*1-2H3/b21-10-,31-11?;;;. The van der Waals surface area contributed by atoms with Crippen LogP contribution in [0.4, 0.5) is 32.0 Å². The SMILES string of the molecule is CC.CC.CCN1/C(=C\C=NC)C(C)(Cc2ccc(C(F)(F)F)cc2C(F)(F)F)c2cc(OC)ccc21.COC(=N)c1ccccc1. The number of halogens is 6. The minimum Gasteiger partial charge on any atom is -0.497 e. The zero-order chi connectivity index (χ0) is 36.0. The molecule has 4 rings (SSSR count). The largest absolute Gasteiger partial charge is 0.497 e. The van der Waals surface area contributed by atoms with E-state index in [1.54, 1.807) is 38.4 Å². The summed E-state index contributed by atoms with van der Waals surface area (Å²) in [4.78, 5) is 5.94. The predicted molar refractivity (Wildman–Crippen MR) is 179 cm³/mol. The first kappa shape index (κ1) is 40.7. The van der Waals surface area contributed by atoms with Gasteiger partial charge in [-0.25, -0.2) is 0 Å². The van der Waals surface area contributed by atoms with E-state index in [4.69, 9.17) is 14.9 Å². The highest BCUT2D eigenvalue weighted by molar-refractivity contribution is 5.91. The fourth-order valence-corrected chi connectivity index (χ4v) is 5.09. The van der Waals surface area contributed by atoms with Crippen molar-refractivity contribution in [3.63, 3.8) is 0 Å². The maximum absolute atomic E-state index is 13.8. The zero-order valence-electron chi connectivity index (χ0n) is 28.4. The van der Waals surface area contributed by atoms with Crippen LogP contribution in [0.15, 0.2) is 83.5 Å². The summed E-state index contributed by atoms with van der Waals surface area (Å²) in [7, 11) is 4.56. The number of methoxy groups -OCH3 is 2. The Kier molecular flexibility index (Phi) is 15.7. The van der Waals surface area contributed by atoms with Crippen LogP contribution in [0.1, 0.15) is 69.4 Å². The molecule has 0 amide bonds. The van der Waals surface area contributed by atoms with Crippen molar-refractivity contribution in [3.8, 4) is 5.75 Å². The molecule has 1 aliphatic heterocycles. The van der Waals surface area contributed by atoms with Crippen molar-refractivity contribution in [2.24, 2.45) is 4.99 Å². The molecule has 0 aliphatic carbocycles. The maximum atomic E-state index is 13.8. The van der Waals surface area contributed by atoms with Gasteiger partial charge < -0.3 is 14.4 Å². The molecule has 1 N–H and O–H groups in total. The molecular weight excluding hydrogens is 620 g/mol. The topological polar surface area (TPSA) is 57.9 Å². The van der Waals surface area contributed by atoms with Gasteiger partial charge in [-0.2, -0.15) is 26.3 Å². The second-order valence-electron chi connectivity index (χ2n) is 9.86. The van der Waals surface area contributed by atoms with Crippen LogP contribution in [-0.4, -0.2) is 39.9 Å². The summed E-state index contributed by atoms with van der Waals surface area (Å²) in [5.74, 6) is 0.741. The van der Waals surface area contributed by atoms with E-state index in [1.807, 2.05) is 75.9 Å². The van der Waals surface area contributed by atoms with Crippen LogP contribution in [0.3, 0.4) is 0 Å². The van der Waals surface area contributed by atoms with E-state index in [0.717, 1.165) is 22.9 Å². The Hall–Kier alpha value is -4.28. The number of anilines is 1. The summed E-state index contributed by atoms with van der Waals surface area (Å²) in [6.07, 6.45) is -6.70. The van der Waals surface area contributed by atoms with Gasteiger partial charge in [0.1, 0.15) is 5.75 Å². The number of benzene rings is 3. The molecule has 0 aromatic heterocycles. The van der Waals surface area contributed by atoms with E-state index in [0.29, 0.717) is 24.1 Å². The van der Waals surface area contributed by atoms with E-state index in [9.17, 15) is 26.3 Å². The Balaban J connectivity index is 0.000000661. The number of hydrogen-bond acceptors (Lipinski definition) is 5. The smallest absolute Gasteiger partial charge is 0.416 e. The second kappa shape index (κ2) is 18.2. The summed E-state index contributed by atoms with van der Waals surface area (Å²) >= 11 is 0. The summed E-state index contributed by atoms with van der Waals surface area (Å²) in [6.45, 7) is 12.2. The third-order valence-corrected chi connectivity index (χ3v) is 7.17. The van der Waals surface area contributed by atoms with Crippen molar-refractivity contribution >= 4 is 17.8 Å². The fraction of sp³-hybridized carbons (Fsp3) is 0.389. The number of nitrogens with zero attached hydrogens (tertiary/aromatic N) is 2. The molecule has 1 unspecified atom stereocenters. The number of nitrogens with one attached hydrogen (secondary N) is 1. The number of ether oxygens (including phenoxy) is 2. The molecular formula is C36H45F6N3O2.